The first kappa shape index (κ1) is 13.1. The molecule has 0 saturated carbocycles. The van der Waals surface area contributed by atoms with Crippen molar-refractivity contribution in [3.8, 4) is 0 Å². The van der Waals surface area contributed by atoms with Crippen LogP contribution >= 0.6 is 0 Å². The van der Waals surface area contributed by atoms with Crippen LogP contribution in [0.2, 0.25) is 0 Å². The van der Waals surface area contributed by atoms with Crippen LogP contribution in [0.5, 0.6) is 0 Å². The Labute approximate surface area is 110 Å². The van der Waals surface area contributed by atoms with Gasteiger partial charge in [-0.15, -0.1) is 0 Å². The third-order valence-corrected chi connectivity index (χ3v) is 3.01. The first-order valence-electron chi connectivity index (χ1n) is 5.92. The number of benzene rings is 1. The zero-order chi connectivity index (χ0) is 14.0. The maximum absolute atomic E-state index is 11.7. The van der Waals surface area contributed by atoms with Gasteiger partial charge in [-0.05, 0) is 36.3 Å². The normalized spacial score (nSPS) is 11.5. The molecule has 0 spiro atoms. The summed E-state index contributed by atoms with van der Waals surface area (Å²) in [5.74, 6) is -0.0371. The molecule has 7 heteroatoms. The maximum Gasteiger partial charge on any atom is 0.227 e. The SMILES string of the molecule is CNC(=O)C(C)(C)CNc1ccc(N)c2nonc12. The lowest BCUT2D eigenvalue weighted by molar-refractivity contribution is -0.128. The second-order valence-electron chi connectivity index (χ2n) is 4.98. The highest BCUT2D eigenvalue weighted by atomic mass is 16.6. The number of carbonyl (C=O) groups excluding carboxylic acids is 1. The molecule has 0 aliphatic rings. The van der Waals surface area contributed by atoms with Gasteiger partial charge in [-0.1, -0.05) is 0 Å². The van der Waals surface area contributed by atoms with E-state index in [1.807, 2.05) is 13.8 Å². The molecule has 0 aliphatic carbocycles. The molecule has 19 heavy (non-hydrogen) atoms. The van der Waals surface area contributed by atoms with Crippen molar-refractivity contribution in [3.05, 3.63) is 12.1 Å². The van der Waals surface area contributed by atoms with E-state index in [1.165, 1.54) is 0 Å². The summed E-state index contributed by atoms with van der Waals surface area (Å²) in [6, 6.07) is 3.52. The van der Waals surface area contributed by atoms with Gasteiger partial charge < -0.3 is 16.4 Å². The summed E-state index contributed by atoms with van der Waals surface area (Å²) in [5.41, 5.74) is 7.55. The standard InChI is InChI=1S/C12H17N5O2/c1-12(2,11(18)14-3)6-15-8-5-4-7(13)9-10(8)17-19-16-9/h4-5,15H,6,13H2,1-3H3,(H,14,18). The lowest BCUT2D eigenvalue weighted by Crippen LogP contribution is -2.39. The van der Waals surface area contributed by atoms with E-state index in [-0.39, 0.29) is 5.91 Å². The molecule has 0 atom stereocenters. The fourth-order valence-corrected chi connectivity index (χ4v) is 1.76. The van der Waals surface area contributed by atoms with E-state index in [1.54, 1.807) is 19.2 Å². The summed E-state index contributed by atoms with van der Waals surface area (Å²) in [7, 11) is 1.62. The predicted molar refractivity (Wildman–Crippen MR) is 72.6 cm³/mol. The molecule has 0 fully saturated rings. The van der Waals surface area contributed by atoms with Gasteiger partial charge in [-0.3, -0.25) is 4.79 Å². The van der Waals surface area contributed by atoms with Crippen molar-refractivity contribution in [2.75, 3.05) is 24.6 Å². The molecule has 1 amide bonds. The Morgan fingerprint density at radius 1 is 1.37 bits per heavy atom. The zero-order valence-corrected chi connectivity index (χ0v) is 11.2. The van der Waals surface area contributed by atoms with Crippen LogP contribution < -0.4 is 16.4 Å². The highest BCUT2D eigenvalue weighted by molar-refractivity contribution is 5.95. The molecule has 1 heterocycles. The first-order chi connectivity index (χ1) is 8.95. The zero-order valence-electron chi connectivity index (χ0n) is 11.2. The number of hydrogen-bond acceptors (Lipinski definition) is 6. The Morgan fingerprint density at radius 3 is 2.74 bits per heavy atom. The highest BCUT2D eigenvalue weighted by Gasteiger charge is 2.26. The summed E-state index contributed by atoms with van der Waals surface area (Å²) in [6.45, 7) is 4.17. The van der Waals surface area contributed by atoms with Crippen LogP contribution in [0.3, 0.4) is 0 Å². The minimum atomic E-state index is -0.542. The molecule has 1 aromatic heterocycles. The van der Waals surface area contributed by atoms with Gasteiger partial charge in [0.2, 0.25) is 5.91 Å². The minimum Gasteiger partial charge on any atom is -0.397 e. The molecule has 0 unspecified atom stereocenters. The summed E-state index contributed by atoms with van der Waals surface area (Å²) in [5, 5.41) is 13.4. The van der Waals surface area contributed by atoms with Gasteiger partial charge in [0.05, 0.1) is 16.8 Å². The molecule has 2 aromatic rings. The van der Waals surface area contributed by atoms with Crippen molar-refractivity contribution < 1.29 is 9.42 Å². The number of nitrogen functional groups attached to an aromatic ring is 1. The number of anilines is 2. The molecule has 0 saturated heterocycles. The van der Waals surface area contributed by atoms with Gasteiger partial charge in [0.1, 0.15) is 0 Å². The molecular weight excluding hydrogens is 246 g/mol. The van der Waals surface area contributed by atoms with Gasteiger partial charge in [0.25, 0.3) is 0 Å². The van der Waals surface area contributed by atoms with Crippen LogP contribution in [0.25, 0.3) is 11.0 Å². The van der Waals surface area contributed by atoms with Gasteiger partial charge in [0, 0.05) is 13.6 Å². The smallest absolute Gasteiger partial charge is 0.227 e. The Kier molecular flexibility index (Phi) is 3.28. The molecule has 0 bridgehead atoms. The number of rotatable bonds is 4. The Balaban J connectivity index is 2.21. The molecule has 7 nitrogen and oxygen atoms in total. The molecule has 4 N–H and O–H groups in total. The lowest BCUT2D eigenvalue weighted by atomic mass is 9.92. The van der Waals surface area contributed by atoms with E-state index in [0.29, 0.717) is 23.3 Å². The minimum absolute atomic E-state index is 0.0371. The lowest BCUT2D eigenvalue weighted by Gasteiger charge is -2.23. The molecule has 102 valence electrons. The van der Waals surface area contributed by atoms with Crippen molar-refractivity contribution in [2.45, 2.75) is 13.8 Å². The van der Waals surface area contributed by atoms with Crippen LogP contribution in [0.1, 0.15) is 13.8 Å². The Bertz CT molecular complexity index is 605. The van der Waals surface area contributed by atoms with Crippen LogP contribution in [-0.4, -0.2) is 29.8 Å². The highest BCUT2D eigenvalue weighted by Crippen LogP contribution is 2.26. The number of hydrogen-bond donors (Lipinski definition) is 3. The molecule has 1 aromatic carbocycles. The van der Waals surface area contributed by atoms with Crippen molar-refractivity contribution >= 4 is 28.3 Å². The molecule has 0 radical (unpaired) electrons. The van der Waals surface area contributed by atoms with Crippen LogP contribution in [0, 0.1) is 5.41 Å². The Morgan fingerprint density at radius 2 is 2.05 bits per heavy atom. The third-order valence-electron chi connectivity index (χ3n) is 3.01. The third kappa shape index (κ3) is 2.44. The van der Waals surface area contributed by atoms with Crippen molar-refractivity contribution in [3.63, 3.8) is 0 Å². The fraction of sp³-hybridized carbons (Fsp3) is 0.417. The maximum atomic E-state index is 11.7. The second kappa shape index (κ2) is 4.75. The molecular formula is C12H17N5O2. The van der Waals surface area contributed by atoms with Gasteiger partial charge in [-0.25, -0.2) is 4.63 Å². The van der Waals surface area contributed by atoms with Gasteiger partial charge >= 0.3 is 0 Å². The van der Waals surface area contributed by atoms with E-state index in [4.69, 9.17) is 5.73 Å². The number of aromatic nitrogens is 2. The van der Waals surface area contributed by atoms with Crippen LogP contribution in [-0.2, 0) is 4.79 Å². The van der Waals surface area contributed by atoms with E-state index in [9.17, 15) is 4.79 Å². The number of nitrogens with one attached hydrogen (secondary N) is 2. The molecule has 2 rings (SSSR count). The fourth-order valence-electron chi connectivity index (χ4n) is 1.76. The number of carbonyl (C=O) groups is 1. The predicted octanol–water partition coefficient (Wildman–Crippen LogP) is 0.989. The molecule has 0 aliphatic heterocycles. The number of nitrogens with zero attached hydrogens (tertiary/aromatic N) is 2. The summed E-state index contributed by atoms with van der Waals surface area (Å²) >= 11 is 0. The van der Waals surface area contributed by atoms with Crippen molar-refractivity contribution in [1.82, 2.24) is 15.6 Å². The summed E-state index contributed by atoms with van der Waals surface area (Å²) in [4.78, 5) is 11.7. The van der Waals surface area contributed by atoms with E-state index < -0.39 is 5.41 Å². The van der Waals surface area contributed by atoms with E-state index >= 15 is 0 Å². The second-order valence-corrected chi connectivity index (χ2v) is 4.98. The number of nitrogens with two attached hydrogens (primary N) is 1. The topological polar surface area (TPSA) is 106 Å². The van der Waals surface area contributed by atoms with Crippen molar-refractivity contribution in [2.24, 2.45) is 5.41 Å². The number of fused-ring (bicyclic) bond motifs is 1. The van der Waals surface area contributed by atoms with E-state index in [2.05, 4.69) is 25.6 Å². The monoisotopic (exact) mass is 263 g/mol. The van der Waals surface area contributed by atoms with Crippen molar-refractivity contribution in [1.29, 1.82) is 0 Å². The Hall–Kier alpha value is -2.31. The van der Waals surface area contributed by atoms with E-state index in [0.717, 1.165) is 5.69 Å². The first-order valence-corrected chi connectivity index (χ1v) is 5.92. The van der Waals surface area contributed by atoms with Gasteiger partial charge in [-0.2, -0.15) is 0 Å². The number of amides is 1. The quantitative estimate of drug-likeness (QED) is 0.710. The average molecular weight is 263 g/mol. The largest absolute Gasteiger partial charge is 0.397 e. The average Bonchev–Trinajstić information content (AvgIpc) is 2.87. The summed E-state index contributed by atoms with van der Waals surface area (Å²) < 4.78 is 4.69. The van der Waals surface area contributed by atoms with Crippen LogP contribution in [0.4, 0.5) is 11.4 Å². The summed E-state index contributed by atoms with van der Waals surface area (Å²) in [6.07, 6.45) is 0. The van der Waals surface area contributed by atoms with Crippen LogP contribution in [0.15, 0.2) is 16.8 Å². The van der Waals surface area contributed by atoms with Gasteiger partial charge in [0.15, 0.2) is 11.0 Å².